The molecule has 0 amide bonds. The van der Waals surface area contributed by atoms with Crippen LogP contribution >= 0.6 is 0 Å². The number of hydrogen-bond donors (Lipinski definition) is 0. The maximum absolute atomic E-state index is 5.82. The van der Waals surface area contributed by atoms with Crippen molar-refractivity contribution < 1.29 is 28.4 Å². The molecule has 0 heterocycles. The van der Waals surface area contributed by atoms with Gasteiger partial charge in [-0.1, -0.05) is 51.4 Å². The summed E-state index contributed by atoms with van der Waals surface area (Å²) in [5, 5.41) is 0. The van der Waals surface area contributed by atoms with Crippen molar-refractivity contribution in [3.63, 3.8) is 0 Å². The van der Waals surface area contributed by atoms with E-state index in [0.29, 0.717) is 72.2 Å². The van der Waals surface area contributed by atoms with Gasteiger partial charge in [-0.15, -0.1) is 0 Å². The molecule has 6 heteroatoms. The molecule has 0 saturated heterocycles. The van der Waals surface area contributed by atoms with Gasteiger partial charge < -0.3 is 28.4 Å². The van der Waals surface area contributed by atoms with Gasteiger partial charge in [-0.3, -0.25) is 0 Å². The molecule has 0 spiro atoms. The number of hydrogen-bond acceptors (Lipinski definition) is 6. The van der Waals surface area contributed by atoms with E-state index in [2.05, 4.69) is 0 Å². The predicted molar refractivity (Wildman–Crippen MR) is 118 cm³/mol. The van der Waals surface area contributed by atoms with Crippen LogP contribution in [-0.4, -0.2) is 78.8 Å². The van der Waals surface area contributed by atoms with Crippen LogP contribution in [0.4, 0.5) is 0 Å². The zero-order valence-corrected chi connectivity index (χ0v) is 19.2. The van der Waals surface area contributed by atoms with Gasteiger partial charge in [-0.2, -0.15) is 0 Å². The Balaban J connectivity index is 1.18. The maximum Gasteiger partial charge on any atom is 0.0704 e. The molecule has 2 fully saturated rings. The van der Waals surface area contributed by atoms with Crippen LogP contribution in [0.3, 0.4) is 0 Å². The molecule has 178 valence electrons. The average molecular weight is 431 g/mol. The van der Waals surface area contributed by atoms with E-state index in [1.54, 1.807) is 0 Å². The molecule has 2 aliphatic rings. The molecular weight excluding hydrogens is 384 g/mol. The first kappa shape index (κ1) is 26.0. The fourth-order valence-electron chi connectivity index (χ4n) is 4.21. The molecule has 0 aliphatic heterocycles. The molecule has 0 unspecified atom stereocenters. The second kappa shape index (κ2) is 19.4. The molecule has 2 rings (SSSR count). The van der Waals surface area contributed by atoms with Crippen LogP contribution in [0.2, 0.25) is 0 Å². The van der Waals surface area contributed by atoms with Gasteiger partial charge in [0.05, 0.1) is 72.2 Å². The fraction of sp³-hybridized carbons (Fsp3) is 1.00. The molecule has 2 saturated carbocycles. The summed E-state index contributed by atoms with van der Waals surface area (Å²) in [5.41, 5.74) is 0. The van der Waals surface area contributed by atoms with Gasteiger partial charge >= 0.3 is 0 Å². The predicted octanol–water partition coefficient (Wildman–Crippen LogP) is 4.39. The topological polar surface area (TPSA) is 55.4 Å². The highest BCUT2D eigenvalue weighted by Gasteiger charge is 2.13. The summed E-state index contributed by atoms with van der Waals surface area (Å²) in [4.78, 5) is 0. The monoisotopic (exact) mass is 430 g/mol. The van der Waals surface area contributed by atoms with Crippen molar-refractivity contribution in [3.8, 4) is 0 Å². The molecular formula is C24H46O6. The van der Waals surface area contributed by atoms with E-state index >= 15 is 0 Å². The van der Waals surface area contributed by atoms with Crippen molar-refractivity contribution in [2.75, 3.05) is 72.7 Å². The van der Waals surface area contributed by atoms with Crippen LogP contribution < -0.4 is 0 Å². The first-order valence-electron chi connectivity index (χ1n) is 12.5. The molecule has 0 N–H and O–H groups in total. The molecule has 0 radical (unpaired) electrons. The fourth-order valence-corrected chi connectivity index (χ4v) is 4.21. The van der Waals surface area contributed by atoms with Crippen LogP contribution in [0.5, 0.6) is 0 Å². The van der Waals surface area contributed by atoms with Crippen molar-refractivity contribution in [2.24, 2.45) is 5.92 Å². The lowest BCUT2D eigenvalue weighted by Gasteiger charge is -2.21. The molecule has 30 heavy (non-hydrogen) atoms. The Hall–Kier alpha value is -0.240. The summed E-state index contributed by atoms with van der Waals surface area (Å²) in [6.07, 6.45) is 15.1. The van der Waals surface area contributed by atoms with E-state index in [4.69, 9.17) is 28.4 Å². The summed E-state index contributed by atoms with van der Waals surface area (Å²) < 4.78 is 33.6. The summed E-state index contributed by atoms with van der Waals surface area (Å²) >= 11 is 0. The highest BCUT2D eigenvalue weighted by atomic mass is 16.6. The summed E-state index contributed by atoms with van der Waals surface area (Å²) in [6.45, 7) is 7.14. The van der Waals surface area contributed by atoms with Crippen LogP contribution in [0.25, 0.3) is 0 Å². The van der Waals surface area contributed by atoms with Gasteiger partial charge in [0.15, 0.2) is 0 Å². The van der Waals surface area contributed by atoms with Crippen LogP contribution in [0.15, 0.2) is 0 Å². The van der Waals surface area contributed by atoms with Crippen molar-refractivity contribution in [2.45, 2.75) is 76.7 Å². The Labute approximate surface area is 184 Å². The standard InChI is InChI=1S/C24H46O6/c1-3-7-23(8-4-1)11-12-25-13-14-26-15-16-27-17-18-28-19-20-29-21-22-30-24-9-5-2-6-10-24/h23-24H,1-22H2. The molecule has 2 aliphatic carbocycles. The molecule has 6 nitrogen and oxygen atoms in total. The number of ether oxygens (including phenoxy) is 6. The van der Waals surface area contributed by atoms with E-state index in [1.807, 2.05) is 0 Å². The summed E-state index contributed by atoms with van der Waals surface area (Å²) in [6, 6.07) is 0. The van der Waals surface area contributed by atoms with Crippen molar-refractivity contribution in [3.05, 3.63) is 0 Å². The minimum atomic E-state index is 0.457. The largest absolute Gasteiger partial charge is 0.379 e. The number of rotatable bonds is 19. The minimum absolute atomic E-state index is 0.457. The van der Waals surface area contributed by atoms with E-state index in [1.165, 1.54) is 70.6 Å². The quantitative estimate of drug-likeness (QED) is 0.283. The summed E-state index contributed by atoms with van der Waals surface area (Å²) in [7, 11) is 0. The van der Waals surface area contributed by atoms with Gasteiger partial charge in [0.25, 0.3) is 0 Å². The third-order valence-corrected chi connectivity index (χ3v) is 6.02. The molecule has 0 aromatic carbocycles. The smallest absolute Gasteiger partial charge is 0.0704 e. The first-order chi connectivity index (χ1) is 14.9. The Bertz CT molecular complexity index is 322. The Kier molecular flexibility index (Phi) is 16.9. The van der Waals surface area contributed by atoms with E-state index in [-0.39, 0.29) is 0 Å². The van der Waals surface area contributed by atoms with Crippen molar-refractivity contribution >= 4 is 0 Å². The Morgan fingerprint density at radius 1 is 0.400 bits per heavy atom. The van der Waals surface area contributed by atoms with E-state index in [0.717, 1.165) is 12.5 Å². The van der Waals surface area contributed by atoms with Crippen LogP contribution in [0, 0.1) is 5.92 Å². The molecule has 0 atom stereocenters. The minimum Gasteiger partial charge on any atom is -0.379 e. The second-order valence-corrected chi connectivity index (χ2v) is 8.49. The van der Waals surface area contributed by atoms with Gasteiger partial charge in [-0.05, 0) is 25.2 Å². The molecule has 0 bridgehead atoms. The normalized spacial score (nSPS) is 18.8. The van der Waals surface area contributed by atoms with Crippen molar-refractivity contribution in [1.29, 1.82) is 0 Å². The van der Waals surface area contributed by atoms with Crippen molar-refractivity contribution in [1.82, 2.24) is 0 Å². The zero-order valence-electron chi connectivity index (χ0n) is 19.2. The molecule has 0 aromatic rings. The third-order valence-electron chi connectivity index (χ3n) is 6.02. The Morgan fingerprint density at radius 3 is 1.30 bits per heavy atom. The highest BCUT2D eigenvalue weighted by Crippen LogP contribution is 2.26. The van der Waals surface area contributed by atoms with Crippen LogP contribution in [0.1, 0.15) is 70.6 Å². The SMILES string of the molecule is C1CCC(CCOCCOCCOCCOCCOCCOC2CCCCC2)CC1. The van der Waals surface area contributed by atoms with E-state index in [9.17, 15) is 0 Å². The van der Waals surface area contributed by atoms with Crippen LogP contribution in [-0.2, 0) is 28.4 Å². The first-order valence-corrected chi connectivity index (χ1v) is 12.5. The van der Waals surface area contributed by atoms with Gasteiger partial charge in [0, 0.05) is 6.61 Å². The maximum atomic E-state index is 5.82. The molecule has 0 aromatic heterocycles. The van der Waals surface area contributed by atoms with Gasteiger partial charge in [-0.25, -0.2) is 0 Å². The van der Waals surface area contributed by atoms with Gasteiger partial charge in [0.1, 0.15) is 0 Å². The summed E-state index contributed by atoms with van der Waals surface area (Å²) in [5.74, 6) is 0.891. The average Bonchev–Trinajstić information content (AvgIpc) is 2.79. The van der Waals surface area contributed by atoms with Gasteiger partial charge in [0.2, 0.25) is 0 Å². The lowest BCUT2D eigenvalue weighted by Crippen LogP contribution is -2.19. The second-order valence-electron chi connectivity index (χ2n) is 8.49. The van der Waals surface area contributed by atoms with E-state index < -0.39 is 0 Å². The highest BCUT2D eigenvalue weighted by molar-refractivity contribution is 4.65. The zero-order chi connectivity index (χ0) is 21.0. The third kappa shape index (κ3) is 14.7. The Morgan fingerprint density at radius 2 is 0.800 bits per heavy atom. The lowest BCUT2D eigenvalue weighted by atomic mass is 9.87. The lowest BCUT2D eigenvalue weighted by molar-refractivity contribution is -0.0310.